The van der Waals surface area contributed by atoms with E-state index in [2.05, 4.69) is 43.0 Å². The first kappa shape index (κ1) is 13.1. The number of rotatable bonds is 4. The molecule has 0 unspecified atom stereocenters. The van der Waals surface area contributed by atoms with Gasteiger partial charge in [-0.2, -0.15) is 0 Å². The lowest BCUT2D eigenvalue weighted by Gasteiger charge is -2.12. The number of aromatic nitrogens is 2. The zero-order chi connectivity index (χ0) is 13.6. The summed E-state index contributed by atoms with van der Waals surface area (Å²) < 4.78 is 5.49. The molecule has 1 heterocycles. The summed E-state index contributed by atoms with van der Waals surface area (Å²) in [6.45, 7) is 13.7. The quantitative estimate of drug-likeness (QED) is 0.891. The Hall–Kier alpha value is -1.32. The van der Waals surface area contributed by atoms with E-state index in [4.69, 9.17) is 4.74 Å². The molecule has 0 radical (unpaired) electrons. The van der Waals surface area contributed by atoms with Crippen molar-refractivity contribution in [2.24, 2.45) is 10.8 Å². The zero-order valence-electron chi connectivity index (χ0n) is 12.2. The highest BCUT2D eigenvalue weighted by molar-refractivity contribution is 5.51. The highest BCUT2D eigenvalue weighted by atomic mass is 16.5. The van der Waals surface area contributed by atoms with Crippen molar-refractivity contribution < 1.29 is 4.74 Å². The van der Waals surface area contributed by atoms with Gasteiger partial charge in [-0.15, -0.1) is 0 Å². The number of nitrogens with zero attached hydrogens (tertiary/aromatic N) is 2. The van der Waals surface area contributed by atoms with Gasteiger partial charge in [0.25, 0.3) is 0 Å². The minimum Gasteiger partial charge on any atom is -0.478 e. The molecule has 18 heavy (non-hydrogen) atoms. The second-order valence-corrected chi connectivity index (χ2v) is 6.11. The Morgan fingerprint density at radius 1 is 1.22 bits per heavy atom. The Morgan fingerprint density at radius 2 is 1.83 bits per heavy atom. The highest BCUT2D eigenvalue weighted by Crippen LogP contribution is 2.63. The van der Waals surface area contributed by atoms with Crippen LogP contribution < -0.4 is 10.1 Å². The highest BCUT2D eigenvalue weighted by Gasteiger charge is 2.65. The van der Waals surface area contributed by atoms with Crippen LogP contribution in [0.5, 0.6) is 5.88 Å². The van der Waals surface area contributed by atoms with Crippen molar-refractivity contribution in [2.75, 3.05) is 11.9 Å². The van der Waals surface area contributed by atoms with Crippen LogP contribution in [0.2, 0.25) is 0 Å². The van der Waals surface area contributed by atoms with Gasteiger partial charge in [0.05, 0.1) is 12.2 Å². The average Bonchev–Trinajstić information content (AvgIpc) is 2.66. The summed E-state index contributed by atoms with van der Waals surface area (Å²) in [6.07, 6.45) is 1.56. The van der Waals surface area contributed by atoms with Crippen molar-refractivity contribution in [1.29, 1.82) is 0 Å². The maximum Gasteiger partial charge on any atom is 0.221 e. The van der Waals surface area contributed by atoms with Crippen molar-refractivity contribution in [3.8, 4) is 5.88 Å². The van der Waals surface area contributed by atoms with Gasteiger partial charge in [0.15, 0.2) is 0 Å². The molecule has 0 amide bonds. The predicted octanol–water partition coefficient (Wildman–Crippen LogP) is 3.03. The van der Waals surface area contributed by atoms with E-state index in [0.29, 0.717) is 18.5 Å². The van der Waals surface area contributed by atoms with Crippen LogP contribution in [0.4, 0.5) is 5.82 Å². The lowest BCUT2D eigenvalue weighted by molar-refractivity contribution is 0.324. The van der Waals surface area contributed by atoms with Gasteiger partial charge in [-0.25, -0.2) is 9.97 Å². The van der Waals surface area contributed by atoms with Gasteiger partial charge in [0.1, 0.15) is 12.1 Å². The molecule has 0 saturated heterocycles. The van der Waals surface area contributed by atoms with E-state index in [1.807, 2.05) is 13.8 Å². The van der Waals surface area contributed by atoms with Gasteiger partial charge in [-0.1, -0.05) is 27.7 Å². The first-order valence-corrected chi connectivity index (χ1v) is 6.53. The number of nitrogens with one attached hydrogen (secondary N) is 1. The van der Waals surface area contributed by atoms with E-state index in [1.165, 1.54) is 0 Å². The molecule has 1 saturated carbocycles. The van der Waals surface area contributed by atoms with E-state index in [9.17, 15) is 0 Å². The molecule has 1 aromatic heterocycles. The third kappa shape index (κ3) is 1.84. The zero-order valence-corrected chi connectivity index (χ0v) is 12.2. The van der Waals surface area contributed by atoms with Crippen molar-refractivity contribution >= 4 is 5.82 Å². The Morgan fingerprint density at radius 3 is 2.33 bits per heavy atom. The molecule has 0 atom stereocenters. The largest absolute Gasteiger partial charge is 0.478 e. The van der Waals surface area contributed by atoms with Crippen LogP contribution in [0.25, 0.3) is 0 Å². The molecule has 0 spiro atoms. The summed E-state index contributed by atoms with van der Waals surface area (Å²) >= 11 is 0. The Balaban J connectivity index is 2.19. The SMILES string of the molecule is CCOc1ncnc(NC2C(C)(C)C2(C)C)c1C. The number of hydrogen-bond acceptors (Lipinski definition) is 4. The molecule has 100 valence electrons. The van der Waals surface area contributed by atoms with Crippen LogP contribution in [0.1, 0.15) is 40.2 Å². The third-order valence-corrected chi connectivity index (χ3v) is 4.62. The molecule has 0 bridgehead atoms. The van der Waals surface area contributed by atoms with E-state index in [1.54, 1.807) is 6.33 Å². The lowest BCUT2D eigenvalue weighted by atomic mass is 10.0. The van der Waals surface area contributed by atoms with Gasteiger partial charge in [0.2, 0.25) is 5.88 Å². The molecular formula is C14H23N3O. The maximum atomic E-state index is 5.49. The maximum absolute atomic E-state index is 5.49. The molecule has 1 aromatic rings. The van der Waals surface area contributed by atoms with Crippen molar-refractivity contribution in [1.82, 2.24) is 9.97 Å². The third-order valence-electron chi connectivity index (χ3n) is 4.62. The standard InChI is InChI=1S/C14H23N3O/c1-7-18-11-9(2)10(15-8-16-11)17-12-13(3,4)14(12,5)6/h8,12H,7H2,1-6H3,(H,15,16,17). The summed E-state index contributed by atoms with van der Waals surface area (Å²) in [5.41, 5.74) is 1.56. The number of anilines is 1. The molecule has 0 aliphatic heterocycles. The molecule has 1 aliphatic carbocycles. The van der Waals surface area contributed by atoms with Crippen LogP contribution in [0, 0.1) is 17.8 Å². The van der Waals surface area contributed by atoms with Crippen LogP contribution in [-0.2, 0) is 0 Å². The van der Waals surface area contributed by atoms with Crippen LogP contribution >= 0.6 is 0 Å². The molecule has 4 nitrogen and oxygen atoms in total. The van der Waals surface area contributed by atoms with Crippen molar-refractivity contribution in [3.05, 3.63) is 11.9 Å². The predicted molar refractivity (Wildman–Crippen MR) is 72.9 cm³/mol. The number of hydrogen-bond donors (Lipinski definition) is 1. The fourth-order valence-electron chi connectivity index (χ4n) is 2.56. The molecule has 1 N–H and O–H groups in total. The summed E-state index contributed by atoms with van der Waals surface area (Å²) in [5.74, 6) is 1.56. The second-order valence-electron chi connectivity index (χ2n) is 6.11. The Bertz CT molecular complexity index is 440. The normalized spacial score (nSPS) is 20.6. The summed E-state index contributed by atoms with van der Waals surface area (Å²) in [4.78, 5) is 8.49. The fourth-order valence-corrected chi connectivity index (χ4v) is 2.56. The number of ether oxygens (including phenoxy) is 1. The van der Waals surface area contributed by atoms with Gasteiger partial charge >= 0.3 is 0 Å². The minimum absolute atomic E-state index is 0.288. The molecule has 1 fully saturated rings. The topological polar surface area (TPSA) is 47.0 Å². The van der Waals surface area contributed by atoms with Crippen LogP contribution in [0.15, 0.2) is 6.33 Å². The molecule has 4 heteroatoms. The summed E-state index contributed by atoms with van der Waals surface area (Å²) in [5, 5.41) is 3.53. The Labute approximate surface area is 109 Å². The van der Waals surface area contributed by atoms with Gasteiger partial charge in [-0.3, -0.25) is 0 Å². The van der Waals surface area contributed by atoms with E-state index in [0.717, 1.165) is 11.4 Å². The van der Waals surface area contributed by atoms with E-state index in [-0.39, 0.29) is 10.8 Å². The fraction of sp³-hybridized carbons (Fsp3) is 0.714. The molecular weight excluding hydrogens is 226 g/mol. The van der Waals surface area contributed by atoms with Gasteiger partial charge in [0, 0.05) is 6.04 Å². The molecule has 2 rings (SSSR count). The monoisotopic (exact) mass is 249 g/mol. The first-order chi connectivity index (χ1) is 8.32. The first-order valence-electron chi connectivity index (χ1n) is 6.53. The van der Waals surface area contributed by atoms with Crippen molar-refractivity contribution in [2.45, 2.75) is 47.6 Å². The summed E-state index contributed by atoms with van der Waals surface area (Å²) in [6, 6.07) is 0.438. The smallest absolute Gasteiger partial charge is 0.221 e. The summed E-state index contributed by atoms with van der Waals surface area (Å²) in [7, 11) is 0. The van der Waals surface area contributed by atoms with Gasteiger partial charge in [-0.05, 0) is 24.7 Å². The van der Waals surface area contributed by atoms with Crippen LogP contribution in [-0.4, -0.2) is 22.6 Å². The van der Waals surface area contributed by atoms with Crippen molar-refractivity contribution in [3.63, 3.8) is 0 Å². The molecule has 0 aromatic carbocycles. The van der Waals surface area contributed by atoms with E-state index >= 15 is 0 Å². The Kier molecular flexibility index (Phi) is 2.99. The van der Waals surface area contributed by atoms with Crippen LogP contribution in [0.3, 0.4) is 0 Å². The molecule has 1 aliphatic rings. The second kappa shape index (κ2) is 4.11. The average molecular weight is 249 g/mol. The van der Waals surface area contributed by atoms with E-state index < -0.39 is 0 Å². The van der Waals surface area contributed by atoms with Gasteiger partial charge < -0.3 is 10.1 Å². The minimum atomic E-state index is 0.288. The lowest BCUT2D eigenvalue weighted by Crippen LogP contribution is -2.13.